The molecule has 0 saturated carbocycles. The van der Waals surface area contributed by atoms with Gasteiger partial charge in [-0.3, -0.25) is 9.48 Å². The molecule has 2 heterocycles. The van der Waals surface area contributed by atoms with Gasteiger partial charge in [0.2, 0.25) is 0 Å². The first-order valence-electron chi connectivity index (χ1n) is 12.0. The third kappa shape index (κ3) is 4.35. The molecule has 7 nitrogen and oxygen atoms in total. The first-order chi connectivity index (χ1) is 17.5. The average Bonchev–Trinajstić information content (AvgIpc) is 3.25. The van der Waals surface area contributed by atoms with Crippen molar-refractivity contribution in [3.05, 3.63) is 84.2 Å². The number of pyridine rings is 1. The lowest BCUT2D eigenvalue weighted by atomic mass is 9.97. The molecule has 2 aromatic heterocycles. The van der Waals surface area contributed by atoms with Crippen molar-refractivity contribution < 1.29 is 14.6 Å². The van der Waals surface area contributed by atoms with Gasteiger partial charge in [0.1, 0.15) is 23.9 Å². The van der Waals surface area contributed by atoms with Gasteiger partial charge in [-0.1, -0.05) is 49.4 Å². The highest BCUT2D eigenvalue weighted by Crippen LogP contribution is 2.34. The molecule has 0 fully saturated rings. The summed E-state index contributed by atoms with van der Waals surface area (Å²) in [6.45, 7) is 4.51. The Hall–Kier alpha value is -4.39. The second kappa shape index (κ2) is 9.70. The van der Waals surface area contributed by atoms with E-state index >= 15 is 0 Å². The van der Waals surface area contributed by atoms with Gasteiger partial charge in [-0.2, -0.15) is 5.10 Å². The van der Waals surface area contributed by atoms with Crippen LogP contribution in [0.3, 0.4) is 0 Å². The maximum atomic E-state index is 11.3. The Morgan fingerprint density at radius 1 is 1.06 bits per heavy atom. The van der Waals surface area contributed by atoms with Crippen LogP contribution < -0.4 is 10.5 Å². The van der Waals surface area contributed by atoms with Crippen LogP contribution in [0.2, 0.25) is 0 Å². The van der Waals surface area contributed by atoms with Gasteiger partial charge >= 0.3 is 5.97 Å². The summed E-state index contributed by atoms with van der Waals surface area (Å²) < 4.78 is 8.17. The van der Waals surface area contributed by atoms with Crippen molar-refractivity contribution in [2.45, 2.75) is 39.3 Å². The van der Waals surface area contributed by atoms with E-state index in [0.29, 0.717) is 17.1 Å². The first-order valence-corrected chi connectivity index (χ1v) is 12.0. The fraction of sp³-hybridized carbons (Fsp3) is 0.207. The summed E-state index contributed by atoms with van der Waals surface area (Å²) >= 11 is 0. The quantitative estimate of drug-likeness (QED) is 0.282. The molecule has 0 saturated heterocycles. The van der Waals surface area contributed by atoms with Gasteiger partial charge in [-0.25, -0.2) is 4.98 Å². The zero-order valence-electron chi connectivity index (χ0n) is 20.3. The van der Waals surface area contributed by atoms with Gasteiger partial charge in [-0.15, -0.1) is 0 Å². The van der Waals surface area contributed by atoms with E-state index in [1.165, 1.54) is 0 Å². The highest BCUT2D eigenvalue weighted by Gasteiger charge is 2.17. The molecule has 3 N–H and O–H groups in total. The topological polar surface area (TPSA) is 103 Å². The minimum Gasteiger partial charge on any atom is -0.487 e. The van der Waals surface area contributed by atoms with Crippen LogP contribution in [0.15, 0.2) is 72.9 Å². The largest absolute Gasteiger partial charge is 0.487 e. The molecule has 5 rings (SSSR count). The molecule has 182 valence electrons. The van der Waals surface area contributed by atoms with Crippen LogP contribution in [0.1, 0.15) is 37.6 Å². The summed E-state index contributed by atoms with van der Waals surface area (Å²) in [4.78, 5) is 15.5. The molecule has 0 radical (unpaired) electrons. The van der Waals surface area contributed by atoms with E-state index < -0.39 is 5.97 Å². The SMILES string of the molecule is CCC(C)n1nc(COc2ccccc2CC(=O)O)c2cc(-c3cccc4c(N)nccc34)ccc21. The number of nitrogen functional groups attached to an aromatic ring is 1. The Kier molecular flexibility index (Phi) is 6.29. The number of carboxylic acids is 1. The second-order valence-corrected chi connectivity index (χ2v) is 8.94. The number of hydrogen-bond donors (Lipinski definition) is 2. The zero-order chi connectivity index (χ0) is 25.2. The monoisotopic (exact) mass is 480 g/mol. The summed E-state index contributed by atoms with van der Waals surface area (Å²) in [6.07, 6.45) is 2.58. The van der Waals surface area contributed by atoms with Gasteiger partial charge in [0.05, 0.1) is 11.9 Å². The summed E-state index contributed by atoms with van der Waals surface area (Å²) in [7, 11) is 0. The van der Waals surface area contributed by atoms with Crippen molar-refractivity contribution in [1.82, 2.24) is 14.8 Å². The smallest absolute Gasteiger partial charge is 0.307 e. The van der Waals surface area contributed by atoms with Crippen LogP contribution in [0.4, 0.5) is 5.82 Å². The Balaban J connectivity index is 1.59. The number of para-hydroxylation sites is 1. The Morgan fingerprint density at radius 3 is 2.69 bits per heavy atom. The fourth-order valence-electron chi connectivity index (χ4n) is 4.57. The minimum absolute atomic E-state index is 0.0958. The van der Waals surface area contributed by atoms with Crippen LogP contribution in [-0.4, -0.2) is 25.8 Å². The Labute approximate surface area is 209 Å². The predicted octanol–water partition coefficient (Wildman–Crippen LogP) is 6.01. The van der Waals surface area contributed by atoms with Crippen molar-refractivity contribution >= 4 is 33.5 Å². The molecular formula is C29H28N4O3. The molecule has 0 aliphatic rings. The average molecular weight is 481 g/mol. The van der Waals surface area contributed by atoms with Gasteiger partial charge in [-0.05, 0) is 54.1 Å². The number of nitrogens with two attached hydrogens (primary N) is 1. The number of carboxylic acid groups (broad SMARTS) is 1. The molecule has 1 unspecified atom stereocenters. The molecule has 0 amide bonds. The summed E-state index contributed by atoms with van der Waals surface area (Å²) in [5.74, 6) is 0.168. The number of benzene rings is 3. The van der Waals surface area contributed by atoms with E-state index in [4.69, 9.17) is 15.6 Å². The maximum Gasteiger partial charge on any atom is 0.307 e. The summed E-state index contributed by atoms with van der Waals surface area (Å²) in [5, 5.41) is 17.1. The number of fused-ring (bicyclic) bond motifs is 2. The minimum atomic E-state index is -0.895. The number of rotatable bonds is 8. The second-order valence-electron chi connectivity index (χ2n) is 8.94. The van der Waals surface area contributed by atoms with Gasteiger partial charge in [0, 0.05) is 28.6 Å². The number of aliphatic carboxylic acids is 1. The maximum absolute atomic E-state index is 11.3. The van der Waals surface area contributed by atoms with E-state index in [1.807, 2.05) is 35.0 Å². The van der Waals surface area contributed by atoms with Gasteiger partial charge in [0.15, 0.2) is 0 Å². The Morgan fingerprint density at radius 2 is 1.89 bits per heavy atom. The molecule has 36 heavy (non-hydrogen) atoms. The molecule has 1 atom stereocenters. The number of ether oxygens (including phenoxy) is 1. The number of hydrogen-bond acceptors (Lipinski definition) is 5. The number of anilines is 1. The summed E-state index contributed by atoms with van der Waals surface area (Å²) in [6, 6.07) is 21.9. The number of nitrogens with zero attached hydrogens (tertiary/aromatic N) is 3. The lowest BCUT2D eigenvalue weighted by molar-refractivity contribution is -0.136. The molecule has 0 aliphatic carbocycles. The molecule has 7 heteroatoms. The van der Waals surface area contributed by atoms with Crippen molar-refractivity contribution in [1.29, 1.82) is 0 Å². The van der Waals surface area contributed by atoms with Crippen LogP contribution in [0, 0.1) is 0 Å². The normalized spacial score (nSPS) is 12.2. The molecule has 0 aliphatic heterocycles. The van der Waals surface area contributed by atoms with Crippen molar-refractivity contribution in [2.24, 2.45) is 0 Å². The standard InChI is InChI=1S/C29H28N4O3/c1-3-18(2)33-26-12-11-19(21-8-6-9-23-22(21)13-14-31-29(23)30)15-24(26)25(32-33)17-36-27-10-5-4-7-20(27)16-28(34)35/h4-15,18H,3,16-17H2,1-2H3,(H2,30,31)(H,34,35). The van der Waals surface area contributed by atoms with Crippen molar-refractivity contribution in [3.63, 3.8) is 0 Å². The van der Waals surface area contributed by atoms with Crippen LogP contribution >= 0.6 is 0 Å². The van der Waals surface area contributed by atoms with Gasteiger partial charge < -0.3 is 15.6 Å². The van der Waals surface area contributed by atoms with E-state index in [1.54, 1.807) is 18.3 Å². The highest BCUT2D eigenvalue weighted by molar-refractivity contribution is 6.02. The van der Waals surface area contributed by atoms with Crippen molar-refractivity contribution in [2.75, 3.05) is 5.73 Å². The molecule has 5 aromatic rings. The van der Waals surface area contributed by atoms with Crippen LogP contribution in [0.5, 0.6) is 5.75 Å². The fourth-order valence-corrected chi connectivity index (χ4v) is 4.57. The van der Waals surface area contributed by atoms with Crippen molar-refractivity contribution in [3.8, 4) is 16.9 Å². The molecule has 0 bridgehead atoms. The molecule has 3 aromatic carbocycles. The van der Waals surface area contributed by atoms with E-state index in [0.717, 1.165) is 44.9 Å². The lowest BCUT2D eigenvalue weighted by Crippen LogP contribution is -2.07. The van der Waals surface area contributed by atoms with Crippen LogP contribution in [0.25, 0.3) is 32.8 Å². The lowest BCUT2D eigenvalue weighted by Gasteiger charge is -2.11. The van der Waals surface area contributed by atoms with E-state index in [2.05, 4.69) is 43.1 Å². The zero-order valence-corrected chi connectivity index (χ0v) is 20.3. The summed E-state index contributed by atoms with van der Waals surface area (Å²) in [5.41, 5.74) is 10.7. The Bertz CT molecular complexity index is 1570. The van der Waals surface area contributed by atoms with E-state index in [-0.39, 0.29) is 19.1 Å². The van der Waals surface area contributed by atoms with Gasteiger partial charge in [0.25, 0.3) is 0 Å². The molecular weight excluding hydrogens is 452 g/mol. The van der Waals surface area contributed by atoms with Crippen LogP contribution in [-0.2, 0) is 17.8 Å². The predicted molar refractivity (Wildman–Crippen MR) is 142 cm³/mol. The molecule has 0 spiro atoms. The third-order valence-corrected chi connectivity index (χ3v) is 6.62. The van der Waals surface area contributed by atoms with E-state index in [9.17, 15) is 9.90 Å². The highest BCUT2D eigenvalue weighted by atomic mass is 16.5. The third-order valence-electron chi connectivity index (χ3n) is 6.62. The first kappa shape index (κ1) is 23.4. The number of carbonyl (C=O) groups is 1. The number of aromatic nitrogens is 3.